The maximum atomic E-state index is 11.4. The fourth-order valence-electron chi connectivity index (χ4n) is 1.50. The van der Waals surface area contributed by atoms with Crippen LogP contribution in [-0.4, -0.2) is 57.5 Å². The number of nitrogens with zero attached hydrogens (tertiary/aromatic N) is 1. The average molecular weight is 525 g/mol. The zero-order valence-corrected chi connectivity index (χ0v) is 17.3. The maximum absolute atomic E-state index is 11.4. The predicted octanol–water partition coefficient (Wildman–Crippen LogP) is 2.82. The van der Waals surface area contributed by atoms with Crippen molar-refractivity contribution in [1.29, 1.82) is 0 Å². The third kappa shape index (κ3) is 11.6. The zero-order chi connectivity index (χ0) is 16.3. The Morgan fingerprint density at radius 3 is 1.71 bits per heavy atom. The van der Waals surface area contributed by atoms with Gasteiger partial charge in [-0.15, -0.1) is 0 Å². The maximum Gasteiger partial charge on any atom is 0.318 e. The summed E-state index contributed by atoms with van der Waals surface area (Å²) in [6.07, 6.45) is 2.18. The molecule has 0 fully saturated rings. The summed E-state index contributed by atoms with van der Waals surface area (Å²) >= 11 is 4.08. The average Bonchev–Trinajstić information content (AvgIpc) is 2.43. The van der Waals surface area contributed by atoms with E-state index in [2.05, 4.69) is 11.8 Å². The molecule has 0 radical (unpaired) electrons. The van der Waals surface area contributed by atoms with E-state index in [1.165, 1.54) is 0 Å². The molecule has 7 heteroatoms. The first-order valence-corrected chi connectivity index (χ1v) is 9.71. The molecule has 0 rings (SSSR count). The minimum absolute atomic E-state index is 0.127. The summed E-state index contributed by atoms with van der Waals surface area (Å²) in [5.41, 5.74) is 0. The monoisotopic (exact) mass is 525 g/mol. The van der Waals surface area contributed by atoms with Crippen molar-refractivity contribution in [2.75, 3.05) is 32.8 Å². The van der Waals surface area contributed by atoms with Crippen molar-refractivity contribution >= 4 is 57.1 Å². The topological polar surface area (TPSA) is 55.8 Å². The Balaban J connectivity index is 4.02. The van der Waals surface area contributed by atoms with E-state index in [-0.39, 0.29) is 19.8 Å². The van der Waals surface area contributed by atoms with Crippen LogP contribution < -0.4 is 0 Å². The van der Waals surface area contributed by atoms with E-state index >= 15 is 0 Å². The second-order valence-corrected chi connectivity index (χ2v) is 8.50. The number of alkyl halides is 2. The largest absolute Gasteiger partial charge is 0.464 e. The molecule has 0 aliphatic heterocycles. The quantitative estimate of drug-likeness (QED) is 0.236. The third-order valence-electron chi connectivity index (χ3n) is 2.78. The molecule has 0 bridgehead atoms. The SMILES string of the molecule is CCCCN(CCOC(=O)C(C)I)CCOC(=O)C(C)I. The van der Waals surface area contributed by atoms with E-state index in [0.29, 0.717) is 26.3 Å². The lowest BCUT2D eigenvalue weighted by atomic mass is 10.3. The van der Waals surface area contributed by atoms with Gasteiger partial charge in [-0.25, -0.2) is 0 Å². The molecule has 21 heavy (non-hydrogen) atoms. The molecule has 124 valence electrons. The summed E-state index contributed by atoms with van der Waals surface area (Å²) in [5.74, 6) is -0.368. The lowest BCUT2D eigenvalue weighted by molar-refractivity contribution is -0.143. The standard InChI is InChI=1S/C14H25I2NO4/c1-4-5-6-17(7-9-20-13(18)11(2)15)8-10-21-14(19)12(3)16/h11-12H,4-10H2,1-3H3. The third-order valence-corrected chi connectivity index (χ3v) is 3.80. The Labute approximate surface area is 154 Å². The number of hydrogen-bond donors (Lipinski definition) is 0. The van der Waals surface area contributed by atoms with Crippen molar-refractivity contribution in [2.45, 2.75) is 41.5 Å². The van der Waals surface area contributed by atoms with Crippen LogP contribution in [-0.2, 0) is 19.1 Å². The number of unbranched alkanes of at least 4 members (excludes halogenated alkanes) is 1. The van der Waals surface area contributed by atoms with Crippen LogP contribution in [0.15, 0.2) is 0 Å². The van der Waals surface area contributed by atoms with Crippen molar-refractivity contribution in [3.8, 4) is 0 Å². The predicted molar refractivity (Wildman–Crippen MR) is 100 cm³/mol. The highest BCUT2D eigenvalue weighted by atomic mass is 127. The Bertz CT molecular complexity index is 285. The second-order valence-electron chi connectivity index (χ2n) is 4.76. The first kappa shape index (κ1) is 21.4. The van der Waals surface area contributed by atoms with Crippen molar-refractivity contribution < 1.29 is 19.1 Å². The van der Waals surface area contributed by atoms with Crippen LogP contribution in [0.5, 0.6) is 0 Å². The molecule has 2 unspecified atom stereocenters. The molecule has 0 aromatic carbocycles. The fourth-order valence-corrected chi connectivity index (χ4v) is 1.86. The lowest BCUT2D eigenvalue weighted by Gasteiger charge is -2.22. The van der Waals surface area contributed by atoms with E-state index < -0.39 is 0 Å². The molecule has 0 spiro atoms. The zero-order valence-electron chi connectivity index (χ0n) is 12.9. The fraction of sp³-hybridized carbons (Fsp3) is 0.857. The summed E-state index contributed by atoms with van der Waals surface area (Å²) < 4.78 is 10.1. The van der Waals surface area contributed by atoms with Crippen LogP contribution in [0.3, 0.4) is 0 Å². The van der Waals surface area contributed by atoms with Gasteiger partial charge in [0.25, 0.3) is 0 Å². The molecule has 0 aromatic heterocycles. The van der Waals surface area contributed by atoms with Gasteiger partial charge in [0.05, 0.1) is 0 Å². The number of carbonyl (C=O) groups excluding carboxylic acids is 2. The van der Waals surface area contributed by atoms with Crippen molar-refractivity contribution in [3.63, 3.8) is 0 Å². The molecule has 0 saturated carbocycles. The van der Waals surface area contributed by atoms with Crippen LogP contribution in [0, 0.1) is 0 Å². The number of hydrogen-bond acceptors (Lipinski definition) is 5. The number of rotatable bonds is 11. The highest BCUT2D eigenvalue weighted by Crippen LogP contribution is 2.03. The van der Waals surface area contributed by atoms with Gasteiger partial charge >= 0.3 is 11.9 Å². The minimum Gasteiger partial charge on any atom is -0.464 e. The van der Waals surface area contributed by atoms with Crippen LogP contribution in [0.2, 0.25) is 0 Å². The molecule has 0 heterocycles. The number of ether oxygens (including phenoxy) is 2. The molecule has 5 nitrogen and oxygen atoms in total. The number of esters is 2. The number of carbonyl (C=O) groups is 2. The Kier molecular flexibility index (Phi) is 13.1. The summed E-state index contributed by atoms with van der Waals surface area (Å²) in [6.45, 7) is 8.78. The van der Waals surface area contributed by atoms with Crippen LogP contribution in [0.1, 0.15) is 33.6 Å². The molecule has 0 aliphatic carbocycles. The summed E-state index contributed by atoms with van der Waals surface area (Å²) in [7, 11) is 0. The Hall–Kier alpha value is 0.360. The molecular weight excluding hydrogens is 500 g/mol. The second kappa shape index (κ2) is 12.9. The molecule has 2 atom stereocenters. The Morgan fingerprint density at radius 1 is 0.952 bits per heavy atom. The van der Waals surface area contributed by atoms with E-state index in [1.807, 2.05) is 59.0 Å². The summed E-state index contributed by atoms with van der Waals surface area (Å²) in [4.78, 5) is 25.0. The number of halogens is 2. The highest BCUT2D eigenvalue weighted by molar-refractivity contribution is 14.1. The van der Waals surface area contributed by atoms with Gasteiger partial charge in [0.2, 0.25) is 0 Å². The summed E-state index contributed by atoms with van der Waals surface area (Å²) in [5, 5.41) is 0. The van der Waals surface area contributed by atoms with Crippen molar-refractivity contribution in [1.82, 2.24) is 4.90 Å². The van der Waals surface area contributed by atoms with Gasteiger partial charge in [0.1, 0.15) is 21.1 Å². The molecule has 0 N–H and O–H groups in total. The molecule has 0 amide bonds. The Morgan fingerprint density at radius 2 is 1.38 bits per heavy atom. The molecule has 0 aromatic rings. The van der Waals surface area contributed by atoms with Crippen LogP contribution >= 0.6 is 45.2 Å². The van der Waals surface area contributed by atoms with E-state index in [1.54, 1.807) is 0 Å². The first-order valence-electron chi connectivity index (χ1n) is 7.22. The van der Waals surface area contributed by atoms with Crippen molar-refractivity contribution in [3.05, 3.63) is 0 Å². The minimum atomic E-state index is -0.184. The van der Waals surface area contributed by atoms with Gasteiger partial charge in [0, 0.05) is 13.1 Å². The normalized spacial score (nSPS) is 13.8. The molecule has 0 aliphatic rings. The van der Waals surface area contributed by atoms with Gasteiger partial charge in [-0.2, -0.15) is 0 Å². The van der Waals surface area contributed by atoms with Gasteiger partial charge in [-0.1, -0.05) is 58.5 Å². The van der Waals surface area contributed by atoms with Crippen LogP contribution in [0.4, 0.5) is 0 Å². The summed E-state index contributed by atoms with van der Waals surface area (Å²) in [6, 6.07) is 0. The van der Waals surface area contributed by atoms with Gasteiger partial charge in [0.15, 0.2) is 0 Å². The van der Waals surface area contributed by atoms with Crippen molar-refractivity contribution in [2.24, 2.45) is 0 Å². The van der Waals surface area contributed by atoms with Gasteiger partial charge in [-0.05, 0) is 26.8 Å². The van der Waals surface area contributed by atoms with Gasteiger partial charge < -0.3 is 9.47 Å². The van der Waals surface area contributed by atoms with E-state index in [4.69, 9.17) is 9.47 Å². The first-order chi connectivity index (χ1) is 9.88. The van der Waals surface area contributed by atoms with Gasteiger partial charge in [-0.3, -0.25) is 14.5 Å². The smallest absolute Gasteiger partial charge is 0.318 e. The lowest BCUT2D eigenvalue weighted by Crippen LogP contribution is -2.34. The van der Waals surface area contributed by atoms with E-state index in [9.17, 15) is 9.59 Å². The molecular formula is C14H25I2NO4. The highest BCUT2D eigenvalue weighted by Gasteiger charge is 2.13. The van der Waals surface area contributed by atoms with E-state index in [0.717, 1.165) is 19.4 Å². The van der Waals surface area contributed by atoms with Crippen LogP contribution in [0.25, 0.3) is 0 Å². The molecule has 0 saturated heterocycles.